The topological polar surface area (TPSA) is 49.4 Å². The molecule has 2 amide bonds. The van der Waals surface area contributed by atoms with Gasteiger partial charge in [0.25, 0.3) is 0 Å². The lowest BCUT2D eigenvalue weighted by atomic mass is 9.99. The number of nitrogens with zero attached hydrogens (tertiary/aromatic N) is 1. The van der Waals surface area contributed by atoms with E-state index in [0.29, 0.717) is 43.3 Å². The van der Waals surface area contributed by atoms with Crippen molar-refractivity contribution >= 4 is 23.4 Å². The summed E-state index contributed by atoms with van der Waals surface area (Å²) in [6.45, 7) is 7.08. The summed E-state index contributed by atoms with van der Waals surface area (Å²) in [7, 11) is 0. The summed E-state index contributed by atoms with van der Waals surface area (Å²) in [6.07, 6.45) is 1.41. The van der Waals surface area contributed by atoms with Crippen LogP contribution in [0.4, 0.5) is 0 Å². The minimum atomic E-state index is -0.608. The Hall–Kier alpha value is -3.11. The Labute approximate surface area is 214 Å². The second-order valence-electron chi connectivity index (χ2n) is 9.14. The molecule has 5 heteroatoms. The largest absolute Gasteiger partial charge is 0.355 e. The molecular formula is C30H35ClN2O2. The SMILES string of the molecule is CCNC(=O)[C@@H](Cc1ccccc1)N(Cc1ccc(Cl)cc1)C(=O)CCc1ccc(C(C)C)cc1. The Kier molecular flexibility index (Phi) is 9.92. The molecule has 184 valence electrons. The number of hydrogen-bond acceptors (Lipinski definition) is 2. The van der Waals surface area contributed by atoms with Crippen molar-refractivity contribution in [3.63, 3.8) is 0 Å². The molecule has 0 saturated carbocycles. The fourth-order valence-electron chi connectivity index (χ4n) is 4.10. The molecule has 3 aromatic rings. The van der Waals surface area contributed by atoms with Crippen LogP contribution in [0.1, 0.15) is 55.4 Å². The first-order valence-corrected chi connectivity index (χ1v) is 12.7. The minimum absolute atomic E-state index is 0.0416. The molecule has 1 N–H and O–H groups in total. The van der Waals surface area contributed by atoms with E-state index in [1.807, 2.05) is 61.5 Å². The molecule has 0 aliphatic heterocycles. The van der Waals surface area contributed by atoms with Crippen LogP contribution < -0.4 is 5.32 Å². The second kappa shape index (κ2) is 13.1. The molecule has 4 nitrogen and oxygen atoms in total. The Bertz CT molecular complexity index is 1080. The van der Waals surface area contributed by atoms with E-state index < -0.39 is 6.04 Å². The molecule has 0 unspecified atom stereocenters. The van der Waals surface area contributed by atoms with E-state index in [1.54, 1.807) is 4.90 Å². The highest BCUT2D eigenvalue weighted by Gasteiger charge is 2.29. The van der Waals surface area contributed by atoms with Crippen LogP contribution in [0.2, 0.25) is 5.02 Å². The Morgan fingerprint density at radius 3 is 2.09 bits per heavy atom. The number of rotatable bonds is 11. The predicted molar refractivity (Wildman–Crippen MR) is 143 cm³/mol. The van der Waals surface area contributed by atoms with Gasteiger partial charge in [0.05, 0.1) is 0 Å². The quantitative estimate of drug-likeness (QED) is 0.349. The summed E-state index contributed by atoms with van der Waals surface area (Å²) in [5, 5.41) is 3.57. The fraction of sp³-hybridized carbons (Fsp3) is 0.333. The Balaban J connectivity index is 1.85. The van der Waals surface area contributed by atoms with Crippen molar-refractivity contribution in [3.05, 3.63) is 106 Å². The number of carbonyl (C=O) groups excluding carboxylic acids is 2. The van der Waals surface area contributed by atoms with E-state index in [4.69, 9.17) is 11.6 Å². The number of halogens is 1. The standard InChI is InChI=1S/C30H35ClN2O2/c1-4-32-30(35)28(20-24-8-6-5-7-9-24)33(21-25-12-17-27(31)18-13-25)29(34)19-14-23-10-15-26(16-11-23)22(2)3/h5-13,15-18,22,28H,4,14,19-21H2,1-3H3,(H,32,35)/t28-/m1/s1. The average Bonchev–Trinajstić information content (AvgIpc) is 2.86. The van der Waals surface area contributed by atoms with Crippen molar-refractivity contribution in [2.75, 3.05) is 6.54 Å². The minimum Gasteiger partial charge on any atom is -0.355 e. The van der Waals surface area contributed by atoms with Crippen LogP contribution in [0.25, 0.3) is 0 Å². The number of amides is 2. The van der Waals surface area contributed by atoms with E-state index in [0.717, 1.165) is 16.7 Å². The lowest BCUT2D eigenvalue weighted by Gasteiger charge is -2.31. The van der Waals surface area contributed by atoms with Crippen molar-refractivity contribution in [1.29, 1.82) is 0 Å². The van der Waals surface area contributed by atoms with Crippen molar-refractivity contribution in [3.8, 4) is 0 Å². The van der Waals surface area contributed by atoms with Crippen LogP contribution in [-0.4, -0.2) is 29.3 Å². The third-order valence-corrected chi connectivity index (χ3v) is 6.41. The van der Waals surface area contributed by atoms with Gasteiger partial charge in [-0.2, -0.15) is 0 Å². The van der Waals surface area contributed by atoms with Gasteiger partial charge < -0.3 is 10.2 Å². The normalized spacial score (nSPS) is 11.8. The van der Waals surface area contributed by atoms with E-state index in [-0.39, 0.29) is 11.8 Å². The van der Waals surface area contributed by atoms with E-state index in [1.165, 1.54) is 5.56 Å². The Morgan fingerprint density at radius 1 is 0.857 bits per heavy atom. The molecule has 0 radical (unpaired) electrons. The number of benzene rings is 3. The monoisotopic (exact) mass is 490 g/mol. The van der Waals surface area contributed by atoms with Gasteiger partial charge in [-0.3, -0.25) is 9.59 Å². The highest BCUT2D eigenvalue weighted by atomic mass is 35.5. The summed E-state index contributed by atoms with van der Waals surface area (Å²) >= 11 is 6.08. The first-order chi connectivity index (χ1) is 16.9. The first kappa shape index (κ1) is 26.5. The highest BCUT2D eigenvalue weighted by Crippen LogP contribution is 2.19. The number of hydrogen-bond donors (Lipinski definition) is 1. The number of carbonyl (C=O) groups is 2. The molecular weight excluding hydrogens is 456 g/mol. The van der Waals surface area contributed by atoms with Gasteiger partial charge in [-0.25, -0.2) is 0 Å². The zero-order valence-electron chi connectivity index (χ0n) is 20.8. The van der Waals surface area contributed by atoms with Gasteiger partial charge in [-0.15, -0.1) is 0 Å². The highest BCUT2D eigenvalue weighted by molar-refractivity contribution is 6.30. The summed E-state index contributed by atoms with van der Waals surface area (Å²) in [5.41, 5.74) is 4.35. The van der Waals surface area contributed by atoms with E-state index in [2.05, 4.69) is 43.4 Å². The van der Waals surface area contributed by atoms with Gasteiger partial charge in [-0.05, 0) is 53.6 Å². The summed E-state index contributed by atoms with van der Waals surface area (Å²) in [5.74, 6) is 0.288. The summed E-state index contributed by atoms with van der Waals surface area (Å²) in [6, 6.07) is 25.1. The maximum Gasteiger partial charge on any atom is 0.243 e. The van der Waals surface area contributed by atoms with E-state index in [9.17, 15) is 9.59 Å². The number of likely N-dealkylation sites (N-methyl/N-ethyl adjacent to an activating group) is 1. The molecule has 0 aliphatic carbocycles. The van der Waals surface area contributed by atoms with Gasteiger partial charge in [0.15, 0.2) is 0 Å². The molecule has 0 aromatic heterocycles. The summed E-state index contributed by atoms with van der Waals surface area (Å²) < 4.78 is 0. The van der Waals surface area contributed by atoms with Gasteiger partial charge in [-0.1, -0.05) is 92.2 Å². The van der Waals surface area contributed by atoms with Gasteiger partial charge >= 0.3 is 0 Å². The molecule has 0 saturated heterocycles. The lowest BCUT2D eigenvalue weighted by Crippen LogP contribution is -2.50. The molecule has 3 rings (SSSR count). The van der Waals surface area contributed by atoms with Gasteiger partial charge in [0, 0.05) is 31.0 Å². The van der Waals surface area contributed by atoms with Crippen LogP contribution >= 0.6 is 11.6 Å². The molecule has 0 aliphatic rings. The van der Waals surface area contributed by atoms with Crippen molar-refractivity contribution < 1.29 is 9.59 Å². The van der Waals surface area contributed by atoms with Crippen LogP contribution in [0, 0.1) is 0 Å². The number of aryl methyl sites for hydroxylation is 1. The molecule has 0 fully saturated rings. The van der Waals surface area contributed by atoms with Crippen LogP contribution in [0.5, 0.6) is 0 Å². The zero-order valence-corrected chi connectivity index (χ0v) is 21.6. The molecule has 1 atom stereocenters. The van der Waals surface area contributed by atoms with Crippen LogP contribution in [0.15, 0.2) is 78.9 Å². The Morgan fingerprint density at radius 2 is 1.49 bits per heavy atom. The smallest absolute Gasteiger partial charge is 0.243 e. The van der Waals surface area contributed by atoms with Crippen LogP contribution in [-0.2, 0) is 29.0 Å². The molecule has 0 spiro atoms. The molecule has 35 heavy (non-hydrogen) atoms. The van der Waals surface area contributed by atoms with Gasteiger partial charge in [0.1, 0.15) is 6.04 Å². The summed E-state index contributed by atoms with van der Waals surface area (Å²) in [4.78, 5) is 28.5. The average molecular weight is 491 g/mol. The first-order valence-electron chi connectivity index (χ1n) is 12.3. The fourth-order valence-corrected chi connectivity index (χ4v) is 4.22. The number of nitrogens with one attached hydrogen (secondary N) is 1. The van der Waals surface area contributed by atoms with Crippen molar-refractivity contribution in [2.45, 2.75) is 58.5 Å². The second-order valence-corrected chi connectivity index (χ2v) is 9.58. The van der Waals surface area contributed by atoms with E-state index >= 15 is 0 Å². The third-order valence-electron chi connectivity index (χ3n) is 6.16. The lowest BCUT2D eigenvalue weighted by molar-refractivity contribution is -0.141. The maximum atomic E-state index is 13.6. The van der Waals surface area contributed by atoms with Gasteiger partial charge in [0.2, 0.25) is 11.8 Å². The molecule has 0 heterocycles. The maximum absolute atomic E-state index is 13.6. The van der Waals surface area contributed by atoms with Crippen molar-refractivity contribution in [2.24, 2.45) is 0 Å². The molecule has 3 aromatic carbocycles. The van der Waals surface area contributed by atoms with Crippen molar-refractivity contribution in [1.82, 2.24) is 10.2 Å². The zero-order chi connectivity index (χ0) is 25.2. The molecule has 0 bridgehead atoms. The predicted octanol–water partition coefficient (Wildman–Crippen LogP) is 6.17. The van der Waals surface area contributed by atoms with Crippen LogP contribution in [0.3, 0.4) is 0 Å². The third kappa shape index (κ3) is 7.97.